The Balaban J connectivity index is 3.59. The Hall–Kier alpha value is -1.60. The van der Waals surface area contributed by atoms with Crippen molar-refractivity contribution in [1.82, 2.24) is 10.3 Å². The molecular formula is C13H13Cl4FN4O6S. The molecule has 1 heterocycles. The fourth-order valence-corrected chi connectivity index (χ4v) is 2.50. The van der Waals surface area contributed by atoms with E-state index in [1.54, 1.807) is 5.32 Å². The molecule has 0 saturated carbocycles. The maximum absolute atomic E-state index is 14.6. The number of ether oxygens (including phenoxy) is 1. The summed E-state index contributed by atoms with van der Waals surface area (Å²) < 4.78 is 41.0. The van der Waals surface area contributed by atoms with E-state index in [0.717, 1.165) is 13.3 Å². The topological polar surface area (TPSA) is 135 Å². The summed E-state index contributed by atoms with van der Waals surface area (Å²) in [6, 6.07) is -1.42. The van der Waals surface area contributed by atoms with Gasteiger partial charge in [0.2, 0.25) is 10.0 Å². The normalized spacial score (nSPS) is 11.6. The zero-order valence-electron chi connectivity index (χ0n) is 14.8. The van der Waals surface area contributed by atoms with Gasteiger partial charge in [-0.15, -0.1) is 0 Å². The second kappa shape index (κ2) is 9.47. The van der Waals surface area contributed by atoms with Gasteiger partial charge in [0.25, 0.3) is 9.70 Å². The summed E-state index contributed by atoms with van der Waals surface area (Å²) >= 11 is 21.6. The van der Waals surface area contributed by atoms with Crippen molar-refractivity contribution in [3.05, 3.63) is 16.5 Å². The predicted octanol–water partition coefficient (Wildman–Crippen LogP) is 2.46. The molecule has 0 aliphatic carbocycles. The van der Waals surface area contributed by atoms with E-state index in [4.69, 9.17) is 51.1 Å². The summed E-state index contributed by atoms with van der Waals surface area (Å²) in [5.74, 6) is -4.66. The Morgan fingerprint density at radius 2 is 1.83 bits per heavy atom. The fourth-order valence-electron chi connectivity index (χ4n) is 1.74. The Labute approximate surface area is 184 Å². The van der Waals surface area contributed by atoms with Crippen molar-refractivity contribution in [2.24, 2.45) is 0 Å². The molecule has 2 N–H and O–H groups in total. The number of anilines is 2. The number of amides is 3. The van der Waals surface area contributed by atoms with Crippen LogP contribution in [0.1, 0.15) is 17.3 Å². The van der Waals surface area contributed by atoms with E-state index in [2.05, 4.69) is 4.98 Å². The highest BCUT2D eigenvalue weighted by Crippen LogP contribution is 2.34. The molecule has 0 bridgehead atoms. The number of rotatable bonds is 5. The Bertz CT molecular complexity index is 954. The molecule has 1 aromatic rings. The molecular weight excluding hydrogens is 501 g/mol. The van der Waals surface area contributed by atoms with Gasteiger partial charge < -0.3 is 10.1 Å². The van der Waals surface area contributed by atoms with Gasteiger partial charge in [0, 0.05) is 7.05 Å². The molecule has 0 saturated heterocycles. The minimum Gasteiger partial charge on any atom is -0.462 e. The van der Waals surface area contributed by atoms with Crippen LogP contribution in [0, 0.1) is 5.82 Å². The first kappa shape index (κ1) is 25.4. The number of imide groups is 1. The molecule has 162 valence electrons. The van der Waals surface area contributed by atoms with E-state index < -0.39 is 59.8 Å². The number of nitrogens with zero attached hydrogens (tertiary/aromatic N) is 2. The Kier molecular flexibility index (Phi) is 8.31. The summed E-state index contributed by atoms with van der Waals surface area (Å²) in [6.07, 6.45) is 0.778. The monoisotopic (exact) mass is 512 g/mol. The average molecular weight is 514 g/mol. The van der Waals surface area contributed by atoms with E-state index in [-0.39, 0.29) is 6.61 Å². The number of nitrogens with one attached hydrogen (secondary N) is 2. The second-order valence-corrected chi connectivity index (χ2v) is 9.80. The first-order valence-electron chi connectivity index (χ1n) is 7.30. The lowest BCUT2D eigenvalue weighted by Gasteiger charge is -2.21. The number of aromatic nitrogens is 1. The lowest BCUT2D eigenvalue weighted by Crippen LogP contribution is -2.41. The molecule has 29 heavy (non-hydrogen) atoms. The van der Waals surface area contributed by atoms with E-state index in [9.17, 15) is 27.2 Å². The van der Waals surface area contributed by atoms with Crippen LogP contribution in [0.4, 0.5) is 20.7 Å². The van der Waals surface area contributed by atoms with Gasteiger partial charge >= 0.3 is 12.0 Å². The third-order valence-corrected chi connectivity index (χ3v) is 5.01. The molecule has 0 unspecified atom stereocenters. The lowest BCUT2D eigenvalue weighted by molar-refractivity contribution is -0.119. The molecule has 0 aliphatic rings. The van der Waals surface area contributed by atoms with E-state index in [1.807, 2.05) is 5.32 Å². The maximum Gasteiger partial charge on any atom is 0.344 e. The summed E-state index contributed by atoms with van der Waals surface area (Å²) in [4.78, 5) is 39.5. The summed E-state index contributed by atoms with van der Waals surface area (Å²) in [5.41, 5.74) is -1.69. The summed E-state index contributed by atoms with van der Waals surface area (Å²) in [7, 11) is -2.99. The second-order valence-electron chi connectivity index (χ2n) is 5.15. The van der Waals surface area contributed by atoms with Crippen LogP contribution in [0.2, 0.25) is 5.15 Å². The van der Waals surface area contributed by atoms with Crippen LogP contribution < -0.4 is 14.9 Å². The molecule has 16 heteroatoms. The molecule has 0 spiro atoms. The molecule has 0 aliphatic heterocycles. The molecule has 3 amide bonds. The summed E-state index contributed by atoms with van der Waals surface area (Å²) in [5, 5.41) is 2.55. The van der Waals surface area contributed by atoms with Gasteiger partial charge in [-0.05, 0) is 6.92 Å². The van der Waals surface area contributed by atoms with Gasteiger partial charge in [-0.2, -0.15) is 0 Å². The molecule has 1 rings (SSSR count). The minimum atomic E-state index is -3.99. The van der Waals surface area contributed by atoms with Crippen molar-refractivity contribution >= 4 is 85.8 Å². The van der Waals surface area contributed by atoms with Crippen LogP contribution in [0.25, 0.3) is 0 Å². The standard InChI is InChI=1S/C13H13Cl4FN4O6S/c1-4-28-10(23)5-7(19-12(25)21-11(24)13(15,16)17)6(18)8(14)20-9(5)22(2)29(3,26)27/h4H2,1-3H3,(H2,19,20,21,24,25). The van der Waals surface area contributed by atoms with Gasteiger partial charge in [-0.25, -0.2) is 27.4 Å². The molecule has 10 nitrogen and oxygen atoms in total. The van der Waals surface area contributed by atoms with Crippen LogP contribution in [0.3, 0.4) is 0 Å². The predicted molar refractivity (Wildman–Crippen MR) is 106 cm³/mol. The number of urea groups is 1. The Morgan fingerprint density at radius 3 is 2.28 bits per heavy atom. The van der Waals surface area contributed by atoms with Crippen molar-refractivity contribution in [2.75, 3.05) is 29.5 Å². The number of hydrogen-bond acceptors (Lipinski definition) is 7. The van der Waals surface area contributed by atoms with Gasteiger partial charge in [0.15, 0.2) is 16.8 Å². The highest BCUT2D eigenvalue weighted by molar-refractivity contribution is 7.92. The largest absolute Gasteiger partial charge is 0.462 e. The number of esters is 1. The SMILES string of the molecule is CCOC(=O)c1c(N(C)S(C)(=O)=O)nc(Cl)c(F)c1NC(=O)NC(=O)C(Cl)(Cl)Cl. The van der Waals surface area contributed by atoms with Gasteiger partial charge in [-0.1, -0.05) is 46.4 Å². The van der Waals surface area contributed by atoms with Crippen molar-refractivity contribution in [3.63, 3.8) is 0 Å². The fraction of sp³-hybridized carbons (Fsp3) is 0.385. The number of halogens is 5. The van der Waals surface area contributed by atoms with Crippen molar-refractivity contribution < 1.29 is 31.9 Å². The smallest absolute Gasteiger partial charge is 0.344 e. The third kappa shape index (κ3) is 6.44. The van der Waals surface area contributed by atoms with Crippen molar-refractivity contribution in [1.29, 1.82) is 0 Å². The molecule has 0 atom stereocenters. The highest BCUT2D eigenvalue weighted by Gasteiger charge is 2.34. The molecule has 0 radical (unpaired) electrons. The van der Waals surface area contributed by atoms with Crippen LogP contribution in [0.5, 0.6) is 0 Å². The van der Waals surface area contributed by atoms with Crippen LogP contribution >= 0.6 is 46.4 Å². The van der Waals surface area contributed by atoms with Crippen molar-refractivity contribution in [2.45, 2.75) is 10.7 Å². The minimum absolute atomic E-state index is 0.178. The molecule has 0 fully saturated rings. The molecule has 1 aromatic heterocycles. The maximum atomic E-state index is 14.6. The zero-order chi connectivity index (χ0) is 22.7. The summed E-state index contributed by atoms with van der Waals surface area (Å²) in [6.45, 7) is 1.25. The first-order chi connectivity index (χ1) is 13.1. The highest BCUT2D eigenvalue weighted by atomic mass is 35.6. The van der Waals surface area contributed by atoms with E-state index in [0.29, 0.717) is 4.31 Å². The number of alkyl halides is 3. The van der Waals surface area contributed by atoms with Gasteiger partial charge in [0.05, 0.1) is 12.9 Å². The van der Waals surface area contributed by atoms with Crippen molar-refractivity contribution in [3.8, 4) is 0 Å². The average Bonchev–Trinajstić information content (AvgIpc) is 2.56. The van der Waals surface area contributed by atoms with Crippen LogP contribution in [0.15, 0.2) is 0 Å². The Morgan fingerprint density at radius 1 is 1.28 bits per heavy atom. The number of hydrogen-bond donors (Lipinski definition) is 2. The third-order valence-electron chi connectivity index (χ3n) is 3.08. The van der Waals surface area contributed by atoms with Gasteiger partial charge in [0.1, 0.15) is 11.3 Å². The van der Waals surface area contributed by atoms with E-state index in [1.165, 1.54) is 6.92 Å². The van der Waals surface area contributed by atoms with Crippen LogP contribution in [-0.2, 0) is 19.6 Å². The number of sulfonamides is 1. The lowest BCUT2D eigenvalue weighted by atomic mass is 10.2. The quantitative estimate of drug-likeness (QED) is 0.350. The molecule has 0 aromatic carbocycles. The van der Waals surface area contributed by atoms with Gasteiger partial charge in [-0.3, -0.25) is 14.4 Å². The van der Waals surface area contributed by atoms with Crippen LogP contribution in [-0.4, -0.2) is 55.0 Å². The first-order valence-corrected chi connectivity index (χ1v) is 10.7. The zero-order valence-corrected chi connectivity index (χ0v) is 18.7. The number of carbonyl (C=O) groups excluding carboxylic acids is 3. The van der Waals surface area contributed by atoms with E-state index >= 15 is 0 Å². The number of carbonyl (C=O) groups is 3. The number of pyridine rings is 1.